The summed E-state index contributed by atoms with van der Waals surface area (Å²) in [4.78, 5) is 1.02. The first-order valence-corrected chi connectivity index (χ1v) is 8.13. The molecule has 0 aromatic heterocycles. The van der Waals surface area contributed by atoms with Crippen LogP contribution in [0.4, 0.5) is 13.2 Å². The normalized spacial score (nSPS) is 15.4. The van der Waals surface area contributed by atoms with Gasteiger partial charge in [0.1, 0.15) is 5.09 Å². The van der Waals surface area contributed by atoms with Crippen LogP contribution in [0.3, 0.4) is 0 Å². The number of halogens is 3. The molecule has 25 heavy (non-hydrogen) atoms. The first-order valence-electron chi connectivity index (χ1n) is 7.31. The van der Waals surface area contributed by atoms with Crippen LogP contribution in [0.1, 0.15) is 20.3 Å². The Morgan fingerprint density at radius 1 is 1.40 bits per heavy atom. The van der Waals surface area contributed by atoms with Crippen LogP contribution in [-0.4, -0.2) is 19.5 Å². The molecular weight excluding hydrogens is 579 g/mol. The number of allylic oxidation sites excluding steroid dienone is 2. The van der Waals surface area contributed by atoms with E-state index >= 15 is 0 Å². The van der Waals surface area contributed by atoms with Crippen LogP contribution in [0.5, 0.6) is 5.75 Å². The molecule has 0 unspecified atom stereocenters. The molecule has 1 aliphatic heterocycles. The molecule has 1 aromatic rings. The molecule has 1 fully saturated rings. The van der Waals surface area contributed by atoms with Gasteiger partial charge in [-0.05, 0) is 19.4 Å². The molecule has 1 saturated heterocycles. The van der Waals surface area contributed by atoms with Crippen molar-refractivity contribution < 1.29 is 58.5 Å². The zero-order chi connectivity index (χ0) is 17.8. The average molecular weight is 598 g/mol. The molecule has 0 amide bonds. The van der Waals surface area contributed by atoms with Crippen LogP contribution in [0.25, 0.3) is 0 Å². The Kier molecular flexibility index (Phi) is 14.5. The maximum Gasteiger partial charge on any atom is 2.00 e. The van der Waals surface area contributed by atoms with Gasteiger partial charge in [-0.2, -0.15) is 18.2 Å². The summed E-state index contributed by atoms with van der Waals surface area (Å²) in [6, 6.07) is 10.5. The fourth-order valence-electron chi connectivity index (χ4n) is 1.71. The van der Waals surface area contributed by atoms with Crippen LogP contribution in [-0.2, 0) is 9.47 Å². The minimum atomic E-state index is -3.08. The van der Waals surface area contributed by atoms with E-state index in [1.54, 1.807) is 11.8 Å². The van der Waals surface area contributed by atoms with Gasteiger partial charge in [0.25, 0.3) is 0 Å². The van der Waals surface area contributed by atoms with E-state index in [1.807, 2.05) is 37.3 Å². The third kappa shape index (κ3) is 11.0. The van der Waals surface area contributed by atoms with Gasteiger partial charge < -0.3 is 27.4 Å². The van der Waals surface area contributed by atoms with Crippen molar-refractivity contribution in [2.45, 2.75) is 26.6 Å². The van der Waals surface area contributed by atoms with Crippen molar-refractivity contribution in [1.29, 1.82) is 0 Å². The smallest absolute Gasteiger partial charge is 0.511 e. The van der Waals surface area contributed by atoms with Crippen molar-refractivity contribution in [2.24, 2.45) is 0 Å². The topological polar surface area (TPSA) is 27.7 Å². The number of hydrogen-bond acceptors (Lipinski definition) is 4. The van der Waals surface area contributed by atoms with E-state index in [4.69, 9.17) is 14.2 Å². The van der Waals surface area contributed by atoms with Gasteiger partial charge in [-0.3, -0.25) is 0 Å². The van der Waals surface area contributed by atoms with Gasteiger partial charge in [-0.1, -0.05) is 24.8 Å². The van der Waals surface area contributed by atoms with Gasteiger partial charge in [0.2, 0.25) is 0 Å². The number of thioether (sulfide) groups is 1. The Bertz CT molecular complexity index is 518. The summed E-state index contributed by atoms with van der Waals surface area (Å²) < 4.78 is 45.7. The van der Waals surface area contributed by atoms with Gasteiger partial charge in [-0.15, -0.1) is 12.1 Å². The molecule has 136 valence electrons. The predicted molar refractivity (Wildman–Crippen MR) is 87.9 cm³/mol. The minimum Gasteiger partial charge on any atom is -0.511 e. The van der Waals surface area contributed by atoms with Crippen molar-refractivity contribution in [3.63, 3.8) is 0 Å². The Balaban J connectivity index is 0.00000104. The number of benzene rings is 1. The molecule has 3 nitrogen and oxygen atoms in total. The largest absolute Gasteiger partial charge is 2.00 e. The fourth-order valence-corrected chi connectivity index (χ4v) is 2.68. The standard InChI is InChI=1S/C16H19O3S.CF3.U/c1-3-8-15(19-13-9-6-5-7-10-13)20-14(4-2)16-17-11-12-18-16;2-1(3)4;/h4-6,8-10,16H,3,11-12H2,1-2H3;;/q2*-1;+2/b14-4-,15-8+;;. The predicted octanol–water partition coefficient (Wildman–Crippen LogP) is 5.47. The summed E-state index contributed by atoms with van der Waals surface area (Å²) in [5.74, 6) is 0.781. The Morgan fingerprint density at radius 3 is 2.52 bits per heavy atom. The first-order chi connectivity index (χ1) is 11.6. The summed E-state index contributed by atoms with van der Waals surface area (Å²) in [7, 11) is 0. The first kappa shape index (κ1) is 24.6. The average Bonchev–Trinajstić information content (AvgIpc) is 3.07. The second-order valence-electron chi connectivity index (χ2n) is 4.35. The summed E-state index contributed by atoms with van der Waals surface area (Å²) >= 11 is 1.54. The van der Waals surface area contributed by atoms with Crippen molar-refractivity contribution in [3.8, 4) is 5.75 Å². The Labute approximate surface area is 174 Å². The van der Waals surface area contributed by atoms with Crippen molar-refractivity contribution in [3.05, 3.63) is 59.2 Å². The summed E-state index contributed by atoms with van der Waals surface area (Å²) in [5, 5.41) is 0.833. The van der Waals surface area contributed by atoms with Gasteiger partial charge in [0.15, 0.2) is 13.0 Å². The zero-order valence-corrected chi connectivity index (χ0v) is 18.9. The van der Waals surface area contributed by atoms with Crippen LogP contribution in [0.15, 0.2) is 46.4 Å². The molecule has 1 aromatic carbocycles. The Hall–Kier alpha value is -0.388. The monoisotopic (exact) mass is 598 g/mol. The summed E-state index contributed by atoms with van der Waals surface area (Å²) in [6.07, 6.45) is 4.69. The van der Waals surface area contributed by atoms with Crippen molar-refractivity contribution in [2.75, 3.05) is 13.2 Å². The molecule has 0 spiro atoms. The fraction of sp³-hybridized carbons (Fsp3) is 0.353. The van der Waals surface area contributed by atoms with E-state index < -0.39 is 6.68 Å². The van der Waals surface area contributed by atoms with Gasteiger partial charge in [0.05, 0.1) is 13.2 Å². The van der Waals surface area contributed by atoms with Crippen LogP contribution >= 0.6 is 11.8 Å². The zero-order valence-electron chi connectivity index (χ0n) is 13.9. The Morgan fingerprint density at radius 2 is 2.04 bits per heavy atom. The summed E-state index contributed by atoms with van der Waals surface area (Å²) in [5.41, 5.74) is 0. The number of hydrogen-bond donors (Lipinski definition) is 0. The molecule has 0 atom stereocenters. The molecule has 2 rings (SSSR count). The molecule has 8 heteroatoms. The third-order valence-corrected chi connectivity index (χ3v) is 3.74. The molecular formula is C17H19F3O3SU. The molecule has 0 N–H and O–H groups in total. The van der Waals surface area contributed by atoms with E-state index in [0.29, 0.717) is 13.2 Å². The van der Waals surface area contributed by atoms with Gasteiger partial charge in [0, 0.05) is 10.7 Å². The van der Waals surface area contributed by atoms with Crippen LogP contribution < -0.4 is 4.74 Å². The second kappa shape index (κ2) is 14.7. The van der Waals surface area contributed by atoms with E-state index in [-0.39, 0.29) is 37.4 Å². The molecule has 0 saturated carbocycles. The number of rotatable bonds is 6. The van der Waals surface area contributed by atoms with E-state index in [1.165, 1.54) is 0 Å². The summed E-state index contributed by atoms with van der Waals surface area (Å²) in [6.45, 7) is 2.26. The van der Waals surface area contributed by atoms with E-state index in [2.05, 4.69) is 19.1 Å². The quantitative estimate of drug-likeness (QED) is 0.321. The van der Waals surface area contributed by atoms with Crippen LogP contribution in [0, 0.1) is 43.9 Å². The maximum atomic E-state index is 9.58. The van der Waals surface area contributed by atoms with E-state index in [0.717, 1.165) is 22.2 Å². The van der Waals surface area contributed by atoms with Gasteiger partial charge >= 0.3 is 31.1 Å². The maximum absolute atomic E-state index is 9.58. The number of ether oxygens (including phenoxy) is 3. The molecule has 1 heterocycles. The van der Waals surface area contributed by atoms with Gasteiger partial charge in [-0.25, -0.2) is 0 Å². The SMILES string of the molecule is C/C=C(\S/C(=C/CC)Oc1c[c-]ccc1)C1OCCO1.F[C-](F)F.[U+2]. The van der Waals surface area contributed by atoms with E-state index in [9.17, 15) is 13.2 Å². The molecule has 0 bridgehead atoms. The van der Waals surface area contributed by atoms with Crippen molar-refractivity contribution >= 4 is 11.8 Å². The second-order valence-corrected chi connectivity index (χ2v) is 5.43. The molecule has 1 aliphatic rings. The minimum absolute atomic E-state index is 0. The van der Waals surface area contributed by atoms with Crippen LogP contribution in [0.2, 0.25) is 0 Å². The molecule has 0 radical (unpaired) electrons. The molecule has 0 aliphatic carbocycles. The third-order valence-electron chi connectivity index (χ3n) is 2.62. The van der Waals surface area contributed by atoms with Crippen molar-refractivity contribution in [1.82, 2.24) is 0 Å².